The van der Waals surface area contributed by atoms with Gasteiger partial charge in [0.25, 0.3) is 0 Å². The second-order valence-electron chi connectivity index (χ2n) is 6.81. The molecule has 0 fully saturated rings. The van der Waals surface area contributed by atoms with Gasteiger partial charge in [0.1, 0.15) is 0 Å². The number of hydrogen-bond donors (Lipinski definition) is 1. The summed E-state index contributed by atoms with van der Waals surface area (Å²) in [5.74, 6) is 0. The third-order valence-electron chi connectivity index (χ3n) is 2.37. The summed E-state index contributed by atoms with van der Waals surface area (Å²) < 4.78 is 5.61. The van der Waals surface area contributed by atoms with E-state index in [1.807, 2.05) is 0 Å². The Morgan fingerprint density at radius 1 is 0.875 bits per heavy atom. The van der Waals surface area contributed by atoms with Crippen molar-refractivity contribution >= 4 is 0 Å². The van der Waals surface area contributed by atoms with Crippen molar-refractivity contribution in [2.75, 3.05) is 19.8 Å². The minimum Gasteiger partial charge on any atom is -0.381 e. The average molecular weight is 229 g/mol. The van der Waals surface area contributed by atoms with Crippen molar-refractivity contribution < 1.29 is 4.74 Å². The minimum atomic E-state index is 0.243. The summed E-state index contributed by atoms with van der Waals surface area (Å²) in [6.07, 6.45) is 3.51. The molecule has 0 aromatic rings. The van der Waals surface area contributed by atoms with Gasteiger partial charge in [0.05, 0.1) is 0 Å². The van der Waals surface area contributed by atoms with Gasteiger partial charge in [0.15, 0.2) is 0 Å². The van der Waals surface area contributed by atoms with Gasteiger partial charge in [-0.15, -0.1) is 0 Å². The van der Waals surface area contributed by atoms with Crippen LogP contribution in [-0.2, 0) is 4.74 Å². The van der Waals surface area contributed by atoms with E-state index < -0.39 is 0 Å². The fraction of sp³-hybridized carbons (Fsp3) is 1.00. The first kappa shape index (κ1) is 15.9. The molecule has 0 spiro atoms. The standard InChI is InChI=1S/C14H31NO/c1-13(2,3)9-12-16-11-8-7-10-15-14(4,5)6/h15H,7-12H2,1-6H3. The summed E-state index contributed by atoms with van der Waals surface area (Å²) in [5.41, 5.74) is 0.640. The van der Waals surface area contributed by atoms with E-state index in [0.717, 1.165) is 32.6 Å². The quantitative estimate of drug-likeness (QED) is 0.673. The predicted molar refractivity (Wildman–Crippen MR) is 71.9 cm³/mol. The van der Waals surface area contributed by atoms with Gasteiger partial charge < -0.3 is 10.1 Å². The van der Waals surface area contributed by atoms with Crippen molar-refractivity contribution in [1.82, 2.24) is 5.32 Å². The summed E-state index contributed by atoms with van der Waals surface area (Å²) in [6, 6.07) is 0. The molecule has 0 unspecified atom stereocenters. The Hall–Kier alpha value is -0.0800. The van der Waals surface area contributed by atoms with E-state index in [9.17, 15) is 0 Å². The maximum absolute atomic E-state index is 5.61. The number of ether oxygens (including phenoxy) is 1. The molecule has 0 aliphatic heterocycles. The molecule has 0 amide bonds. The molecule has 2 nitrogen and oxygen atoms in total. The van der Waals surface area contributed by atoms with Crippen molar-refractivity contribution in [3.8, 4) is 0 Å². The molecule has 1 N–H and O–H groups in total. The molecule has 0 saturated heterocycles. The van der Waals surface area contributed by atoms with Crippen molar-refractivity contribution in [2.24, 2.45) is 5.41 Å². The van der Waals surface area contributed by atoms with Crippen LogP contribution in [0.5, 0.6) is 0 Å². The highest BCUT2D eigenvalue weighted by molar-refractivity contribution is 4.69. The first-order chi connectivity index (χ1) is 7.21. The predicted octanol–water partition coefficient (Wildman–Crippen LogP) is 3.61. The number of unbranched alkanes of at least 4 members (excludes halogenated alkanes) is 1. The van der Waals surface area contributed by atoms with Gasteiger partial charge in [-0.2, -0.15) is 0 Å². The molecule has 0 saturated carbocycles. The lowest BCUT2D eigenvalue weighted by molar-refractivity contribution is 0.105. The van der Waals surface area contributed by atoms with Crippen LogP contribution in [-0.4, -0.2) is 25.3 Å². The van der Waals surface area contributed by atoms with E-state index in [0.29, 0.717) is 5.41 Å². The molecule has 0 heterocycles. The smallest absolute Gasteiger partial charge is 0.0471 e. The van der Waals surface area contributed by atoms with Crippen LogP contribution in [0.4, 0.5) is 0 Å². The summed E-state index contributed by atoms with van der Waals surface area (Å²) in [6.45, 7) is 16.3. The van der Waals surface area contributed by atoms with E-state index in [1.54, 1.807) is 0 Å². The Balaban J connectivity index is 3.17. The van der Waals surface area contributed by atoms with Crippen LogP contribution in [0.15, 0.2) is 0 Å². The molecule has 0 aliphatic rings. The zero-order valence-corrected chi connectivity index (χ0v) is 12.2. The highest BCUT2D eigenvalue weighted by atomic mass is 16.5. The lowest BCUT2D eigenvalue weighted by Crippen LogP contribution is -2.36. The van der Waals surface area contributed by atoms with Gasteiger partial charge in [0, 0.05) is 18.8 Å². The molecular weight excluding hydrogens is 198 g/mol. The van der Waals surface area contributed by atoms with Crippen LogP contribution in [0.2, 0.25) is 0 Å². The first-order valence-electron chi connectivity index (χ1n) is 6.53. The Labute approximate surface area is 102 Å². The molecule has 2 heteroatoms. The molecule has 0 bridgehead atoms. The molecule has 0 rings (SSSR count). The molecule has 0 atom stereocenters. The molecule has 0 aromatic heterocycles. The van der Waals surface area contributed by atoms with E-state index in [1.165, 1.54) is 6.42 Å². The summed E-state index contributed by atoms with van der Waals surface area (Å²) >= 11 is 0. The summed E-state index contributed by atoms with van der Waals surface area (Å²) in [4.78, 5) is 0. The van der Waals surface area contributed by atoms with Gasteiger partial charge in [0.2, 0.25) is 0 Å². The third-order valence-corrected chi connectivity index (χ3v) is 2.37. The van der Waals surface area contributed by atoms with Crippen molar-refractivity contribution in [1.29, 1.82) is 0 Å². The minimum absolute atomic E-state index is 0.243. The van der Waals surface area contributed by atoms with Crippen LogP contribution in [0, 0.1) is 5.41 Å². The zero-order valence-electron chi connectivity index (χ0n) is 12.2. The molecule has 98 valence electrons. The van der Waals surface area contributed by atoms with Crippen molar-refractivity contribution in [3.05, 3.63) is 0 Å². The maximum Gasteiger partial charge on any atom is 0.0471 e. The second kappa shape index (κ2) is 7.29. The van der Waals surface area contributed by atoms with Crippen LogP contribution >= 0.6 is 0 Å². The van der Waals surface area contributed by atoms with Crippen LogP contribution in [0.3, 0.4) is 0 Å². The average Bonchev–Trinajstić information content (AvgIpc) is 2.06. The molecule has 0 aromatic carbocycles. The molecule has 0 aliphatic carbocycles. The lowest BCUT2D eigenvalue weighted by Gasteiger charge is -2.20. The number of nitrogens with one attached hydrogen (secondary N) is 1. The van der Waals surface area contributed by atoms with Gasteiger partial charge in [-0.3, -0.25) is 0 Å². The maximum atomic E-state index is 5.61. The van der Waals surface area contributed by atoms with Gasteiger partial charge in [-0.05, 0) is 52.0 Å². The van der Waals surface area contributed by atoms with Crippen LogP contribution in [0.25, 0.3) is 0 Å². The Bertz CT molecular complexity index is 145. The largest absolute Gasteiger partial charge is 0.381 e. The molecular formula is C14H31NO. The van der Waals surface area contributed by atoms with Gasteiger partial charge in [-0.1, -0.05) is 20.8 Å². The third kappa shape index (κ3) is 13.9. The number of hydrogen-bond acceptors (Lipinski definition) is 2. The Kier molecular flexibility index (Phi) is 7.25. The Morgan fingerprint density at radius 3 is 2.00 bits per heavy atom. The second-order valence-corrected chi connectivity index (χ2v) is 6.81. The molecule has 0 radical (unpaired) electrons. The fourth-order valence-electron chi connectivity index (χ4n) is 1.27. The van der Waals surface area contributed by atoms with Crippen molar-refractivity contribution in [3.63, 3.8) is 0 Å². The molecule has 16 heavy (non-hydrogen) atoms. The normalized spacial score (nSPS) is 13.1. The van der Waals surface area contributed by atoms with E-state index >= 15 is 0 Å². The topological polar surface area (TPSA) is 21.3 Å². The Morgan fingerprint density at radius 2 is 1.50 bits per heavy atom. The van der Waals surface area contributed by atoms with Crippen LogP contribution < -0.4 is 5.32 Å². The van der Waals surface area contributed by atoms with E-state index in [2.05, 4.69) is 46.9 Å². The summed E-state index contributed by atoms with van der Waals surface area (Å²) in [5, 5.41) is 3.48. The lowest BCUT2D eigenvalue weighted by atomic mass is 9.93. The summed E-state index contributed by atoms with van der Waals surface area (Å²) in [7, 11) is 0. The van der Waals surface area contributed by atoms with Crippen molar-refractivity contribution in [2.45, 2.75) is 66.3 Å². The number of rotatable bonds is 7. The monoisotopic (exact) mass is 229 g/mol. The SMILES string of the molecule is CC(C)(C)CCOCCCCNC(C)(C)C. The van der Waals surface area contributed by atoms with Gasteiger partial charge in [-0.25, -0.2) is 0 Å². The van der Waals surface area contributed by atoms with E-state index in [4.69, 9.17) is 4.74 Å². The van der Waals surface area contributed by atoms with E-state index in [-0.39, 0.29) is 5.54 Å². The highest BCUT2D eigenvalue weighted by Crippen LogP contribution is 2.17. The first-order valence-corrected chi connectivity index (χ1v) is 6.53. The highest BCUT2D eigenvalue weighted by Gasteiger charge is 2.09. The zero-order chi connectivity index (χ0) is 12.7. The fourth-order valence-corrected chi connectivity index (χ4v) is 1.27. The van der Waals surface area contributed by atoms with Gasteiger partial charge >= 0.3 is 0 Å². The van der Waals surface area contributed by atoms with Crippen LogP contribution in [0.1, 0.15) is 60.8 Å².